The lowest BCUT2D eigenvalue weighted by Crippen LogP contribution is -2.17. The quantitative estimate of drug-likeness (QED) is 0.656. The third-order valence-corrected chi connectivity index (χ3v) is 2.02. The Balaban J connectivity index is 1.98. The summed E-state index contributed by atoms with van der Waals surface area (Å²) in [6.45, 7) is 0.823. The van der Waals surface area contributed by atoms with Crippen molar-refractivity contribution in [3.8, 4) is 0 Å². The van der Waals surface area contributed by atoms with E-state index in [9.17, 15) is 0 Å². The van der Waals surface area contributed by atoms with Crippen LogP contribution in [-0.2, 0) is 0 Å². The molecule has 1 aliphatic heterocycles. The van der Waals surface area contributed by atoms with Crippen LogP contribution in [0, 0.1) is 0 Å². The lowest BCUT2D eigenvalue weighted by Gasteiger charge is -2.11. The Bertz CT molecular complexity index is 343. The van der Waals surface area contributed by atoms with E-state index in [0.717, 1.165) is 12.2 Å². The molecule has 0 saturated heterocycles. The number of hydrogen-bond donors (Lipinski definition) is 0. The molecule has 1 heterocycles. The lowest BCUT2D eigenvalue weighted by molar-refractivity contribution is 0.309. The third-order valence-electron chi connectivity index (χ3n) is 2.02. The monoisotopic (exact) mass is 187 g/mol. The highest BCUT2D eigenvalue weighted by Crippen LogP contribution is 2.04. The van der Waals surface area contributed by atoms with Gasteiger partial charge in [-0.2, -0.15) is 5.10 Å². The fraction of sp³-hybridized carbons (Fsp3) is 0.182. The van der Waals surface area contributed by atoms with E-state index < -0.39 is 0 Å². The Kier molecular flexibility index (Phi) is 2.49. The fourth-order valence-corrected chi connectivity index (χ4v) is 1.27. The van der Waals surface area contributed by atoms with Crippen molar-refractivity contribution < 1.29 is 0 Å². The minimum absolute atomic E-state index is 0.823. The molecule has 14 heavy (non-hydrogen) atoms. The van der Waals surface area contributed by atoms with Gasteiger partial charge in [-0.05, 0) is 5.56 Å². The van der Waals surface area contributed by atoms with Gasteiger partial charge in [-0.15, -0.1) is 0 Å². The summed E-state index contributed by atoms with van der Waals surface area (Å²) in [7, 11) is 2.02. The van der Waals surface area contributed by atoms with Gasteiger partial charge in [0.15, 0.2) is 0 Å². The van der Waals surface area contributed by atoms with Crippen molar-refractivity contribution in [2.45, 2.75) is 0 Å². The van der Waals surface area contributed by atoms with E-state index in [1.54, 1.807) is 0 Å². The van der Waals surface area contributed by atoms with E-state index in [2.05, 4.69) is 10.0 Å². The predicted molar refractivity (Wildman–Crippen MR) is 57.6 cm³/mol. The van der Waals surface area contributed by atoms with E-state index in [0.29, 0.717) is 0 Å². The maximum absolute atomic E-state index is 4.32. The largest absolute Gasteiger partial charge is 0.360 e. The first kappa shape index (κ1) is 8.81. The molecule has 0 spiro atoms. The Morgan fingerprint density at radius 1 is 1.21 bits per heavy atom. The fourth-order valence-electron chi connectivity index (χ4n) is 1.27. The molecule has 0 N–H and O–H groups in total. The zero-order valence-electron chi connectivity index (χ0n) is 8.17. The molecule has 1 aromatic carbocycles. The minimum Gasteiger partial charge on any atom is -0.360 e. The van der Waals surface area contributed by atoms with Crippen molar-refractivity contribution >= 4 is 6.21 Å². The first-order valence-electron chi connectivity index (χ1n) is 4.59. The summed E-state index contributed by atoms with van der Waals surface area (Å²) in [4.78, 5) is 2.07. The third kappa shape index (κ3) is 2.13. The van der Waals surface area contributed by atoms with Gasteiger partial charge in [-0.1, -0.05) is 30.3 Å². The van der Waals surface area contributed by atoms with Crippen molar-refractivity contribution in [2.24, 2.45) is 5.10 Å². The Morgan fingerprint density at radius 2 is 2.00 bits per heavy atom. The molecule has 0 saturated carbocycles. The first-order chi connectivity index (χ1) is 6.84. The standard InChI is InChI=1S/C11H13N3/c1-13-7-8-14(10-13)12-9-11-5-3-2-4-6-11/h2-9H,10H2,1H3. The summed E-state index contributed by atoms with van der Waals surface area (Å²) < 4.78 is 0. The van der Waals surface area contributed by atoms with E-state index in [1.165, 1.54) is 0 Å². The highest BCUT2D eigenvalue weighted by Gasteiger charge is 2.04. The van der Waals surface area contributed by atoms with Gasteiger partial charge in [0.2, 0.25) is 0 Å². The zero-order chi connectivity index (χ0) is 9.80. The van der Waals surface area contributed by atoms with Gasteiger partial charge in [-0.3, -0.25) is 5.01 Å². The number of hydrazone groups is 1. The summed E-state index contributed by atoms with van der Waals surface area (Å²) in [5, 5.41) is 6.22. The molecule has 0 fully saturated rings. The number of hydrogen-bond acceptors (Lipinski definition) is 3. The summed E-state index contributed by atoms with van der Waals surface area (Å²) in [6.07, 6.45) is 5.82. The Morgan fingerprint density at radius 3 is 2.64 bits per heavy atom. The number of nitrogens with zero attached hydrogens (tertiary/aromatic N) is 3. The molecule has 0 atom stereocenters. The molecule has 72 valence electrons. The normalized spacial score (nSPS) is 15.8. The summed E-state index contributed by atoms with van der Waals surface area (Å²) in [5.74, 6) is 0. The van der Waals surface area contributed by atoms with Crippen LogP contribution in [0.15, 0.2) is 47.8 Å². The average molecular weight is 187 g/mol. The van der Waals surface area contributed by atoms with Crippen LogP contribution in [0.4, 0.5) is 0 Å². The van der Waals surface area contributed by atoms with Crippen LogP contribution in [0.1, 0.15) is 5.56 Å². The number of rotatable bonds is 2. The highest BCUT2D eigenvalue weighted by atomic mass is 15.5. The average Bonchev–Trinajstić information content (AvgIpc) is 2.63. The number of benzene rings is 1. The van der Waals surface area contributed by atoms with Crippen LogP contribution in [0.2, 0.25) is 0 Å². The van der Waals surface area contributed by atoms with Crippen LogP contribution >= 0.6 is 0 Å². The maximum Gasteiger partial charge on any atom is 0.111 e. The summed E-state index contributed by atoms with van der Waals surface area (Å²) in [5.41, 5.74) is 1.12. The van der Waals surface area contributed by atoms with E-state index in [-0.39, 0.29) is 0 Å². The van der Waals surface area contributed by atoms with Crippen LogP contribution < -0.4 is 0 Å². The lowest BCUT2D eigenvalue weighted by atomic mass is 10.2. The van der Waals surface area contributed by atoms with Crippen molar-refractivity contribution in [1.29, 1.82) is 0 Å². The summed E-state index contributed by atoms with van der Waals surface area (Å²) >= 11 is 0. The molecule has 0 amide bonds. The molecule has 2 rings (SSSR count). The van der Waals surface area contributed by atoms with Crippen molar-refractivity contribution in [3.05, 3.63) is 48.3 Å². The molecule has 1 aromatic rings. The predicted octanol–water partition coefficient (Wildman–Crippen LogP) is 1.70. The van der Waals surface area contributed by atoms with E-state index in [1.807, 2.05) is 61.0 Å². The first-order valence-corrected chi connectivity index (χ1v) is 4.59. The van der Waals surface area contributed by atoms with Gasteiger partial charge in [0.1, 0.15) is 6.67 Å². The van der Waals surface area contributed by atoms with Crippen LogP contribution in [-0.4, -0.2) is 29.8 Å². The van der Waals surface area contributed by atoms with Gasteiger partial charge in [0.05, 0.1) is 6.21 Å². The molecule has 0 unspecified atom stereocenters. The van der Waals surface area contributed by atoms with Gasteiger partial charge in [0, 0.05) is 19.4 Å². The van der Waals surface area contributed by atoms with E-state index >= 15 is 0 Å². The van der Waals surface area contributed by atoms with Gasteiger partial charge < -0.3 is 4.90 Å². The summed E-state index contributed by atoms with van der Waals surface area (Å²) in [6, 6.07) is 10.1. The second-order valence-electron chi connectivity index (χ2n) is 3.29. The Labute approximate surface area is 83.9 Å². The minimum atomic E-state index is 0.823. The van der Waals surface area contributed by atoms with Gasteiger partial charge in [-0.25, -0.2) is 0 Å². The molecule has 1 aliphatic rings. The van der Waals surface area contributed by atoms with E-state index in [4.69, 9.17) is 0 Å². The molecule has 3 nitrogen and oxygen atoms in total. The highest BCUT2D eigenvalue weighted by molar-refractivity contribution is 5.79. The second kappa shape index (κ2) is 3.96. The van der Waals surface area contributed by atoms with Crippen molar-refractivity contribution in [1.82, 2.24) is 9.91 Å². The van der Waals surface area contributed by atoms with Crippen LogP contribution in [0.5, 0.6) is 0 Å². The SMILES string of the molecule is CN1C=CN(N=Cc2ccccc2)C1. The van der Waals surface area contributed by atoms with Crippen LogP contribution in [0.25, 0.3) is 0 Å². The van der Waals surface area contributed by atoms with Gasteiger partial charge >= 0.3 is 0 Å². The smallest absolute Gasteiger partial charge is 0.111 e. The maximum atomic E-state index is 4.32. The zero-order valence-corrected chi connectivity index (χ0v) is 8.17. The molecule has 0 bridgehead atoms. The van der Waals surface area contributed by atoms with Gasteiger partial charge in [0.25, 0.3) is 0 Å². The second-order valence-corrected chi connectivity index (χ2v) is 3.29. The van der Waals surface area contributed by atoms with Crippen molar-refractivity contribution in [2.75, 3.05) is 13.7 Å². The topological polar surface area (TPSA) is 18.8 Å². The Hall–Kier alpha value is -1.77. The molecular formula is C11H13N3. The molecule has 0 radical (unpaired) electrons. The van der Waals surface area contributed by atoms with Crippen LogP contribution in [0.3, 0.4) is 0 Å². The molecular weight excluding hydrogens is 174 g/mol. The van der Waals surface area contributed by atoms with Crippen molar-refractivity contribution in [3.63, 3.8) is 0 Å². The molecule has 0 aliphatic carbocycles. The molecule has 0 aromatic heterocycles. The molecule has 3 heteroatoms.